The molecule has 1 spiro atoms. The van der Waals surface area contributed by atoms with E-state index in [-0.39, 0.29) is 17.6 Å². The second-order valence-corrected chi connectivity index (χ2v) is 7.69. The smallest absolute Gasteiger partial charge is 0.235 e. The number of hydrogen-bond acceptors (Lipinski definition) is 5. The van der Waals surface area contributed by atoms with Crippen LogP contribution >= 0.6 is 0 Å². The van der Waals surface area contributed by atoms with E-state index in [2.05, 4.69) is 15.3 Å². The summed E-state index contributed by atoms with van der Waals surface area (Å²) in [7, 11) is 1.59. The van der Waals surface area contributed by atoms with Gasteiger partial charge in [0.15, 0.2) is 0 Å². The van der Waals surface area contributed by atoms with Crippen molar-refractivity contribution in [2.75, 3.05) is 13.7 Å². The molecule has 1 saturated heterocycles. The zero-order chi connectivity index (χ0) is 18.7. The summed E-state index contributed by atoms with van der Waals surface area (Å²) in [6.45, 7) is 0.630. The van der Waals surface area contributed by atoms with Crippen LogP contribution in [0.2, 0.25) is 0 Å². The van der Waals surface area contributed by atoms with E-state index in [1.807, 2.05) is 24.3 Å². The maximum atomic E-state index is 12.5. The van der Waals surface area contributed by atoms with Gasteiger partial charge in [0, 0.05) is 12.8 Å². The number of rotatable bonds is 5. The number of carbonyl (C=O) groups excluding carboxylic acids is 1. The number of para-hydroxylation sites is 2. The first kappa shape index (κ1) is 18.2. The monoisotopic (exact) mass is 369 g/mol. The first-order chi connectivity index (χ1) is 13.2. The van der Waals surface area contributed by atoms with Crippen LogP contribution in [0.3, 0.4) is 0 Å². The number of fused-ring (bicyclic) bond motifs is 1. The Morgan fingerprint density at radius 1 is 1.22 bits per heavy atom. The Hall–Kier alpha value is -2.21. The number of carbonyl (C=O) groups is 1. The maximum Gasteiger partial charge on any atom is 0.235 e. The molecular formula is C21H27N3O3. The van der Waals surface area contributed by atoms with Crippen molar-refractivity contribution in [1.29, 1.82) is 0 Å². The van der Waals surface area contributed by atoms with E-state index in [0.29, 0.717) is 25.3 Å². The number of ether oxygens (including phenoxy) is 2. The second-order valence-electron chi connectivity index (χ2n) is 7.69. The van der Waals surface area contributed by atoms with Crippen molar-refractivity contribution in [3.05, 3.63) is 30.0 Å². The molecule has 2 aliphatic rings. The van der Waals surface area contributed by atoms with Gasteiger partial charge in [0.25, 0.3) is 0 Å². The summed E-state index contributed by atoms with van der Waals surface area (Å²) in [6, 6.07) is 7.81. The molecule has 2 heterocycles. The lowest BCUT2D eigenvalue weighted by atomic mass is 9.82. The number of hydrogen-bond donors (Lipinski definition) is 1. The molecule has 1 atom stereocenters. The predicted octanol–water partition coefficient (Wildman–Crippen LogP) is 3.18. The molecule has 144 valence electrons. The lowest BCUT2D eigenvalue weighted by molar-refractivity contribution is -0.121. The van der Waals surface area contributed by atoms with E-state index in [0.717, 1.165) is 36.0 Å². The van der Waals surface area contributed by atoms with Gasteiger partial charge < -0.3 is 14.8 Å². The predicted molar refractivity (Wildman–Crippen MR) is 103 cm³/mol. The van der Waals surface area contributed by atoms with Crippen LogP contribution in [0.25, 0.3) is 11.0 Å². The number of nitrogens with zero attached hydrogens (tertiary/aromatic N) is 2. The van der Waals surface area contributed by atoms with Crippen molar-refractivity contribution in [3.63, 3.8) is 0 Å². The molecule has 0 radical (unpaired) electrons. The minimum atomic E-state index is 0.0171. The van der Waals surface area contributed by atoms with E-state index in [1.165, 1.54) is 19.3 Å². The average molecular weight is 369 g/mol. The van der Waals surface area contributed by atoms with E-state index in [9.17, 15) is 4.79 Å². The fourth-order valence-corrected chi connectivity index (χ4v) is 4.36. The van der Waals surface area contributed by atoms with Crippen molar-refractivity contribution in [2.45, 2.75) is 63.0 Å². The summed E-state index contributed by atoms with van der Waals surface area (Å²) in [5, 5.41) is 3.14. The zero-order valence-corrected chi connectivity index (χ0v) is 15.9. The van der Waals surface area contributed by atoms with E-state index < -0.39 is 0 Å². The van der Waals surface area contributed by atoms with Crippen molar-refractivity contribution < 1.29 is 14.3 Å². The molecular weight excluding hydrogens is 342 g/mol. The molecule has 1 amide bonds. The van der Waals surface area contributed by atoms with Gasteiger partial charge >= 0.3 is 0 Å². The Morgan fingerprint density at radius 2 is 1.96 bits per heavy atom. The number of aromatic nitrogens is 2. The highest BCUT2D eigenvalue weighted by Gasteiger charge is 2.41. The maximum absolute atomic E-state index is 12.5. The van der Waals surface area contributed by atoms with Crippen molar-refractivity contribution in [3.8, 4) is 5.88 Å². The Bertz CT molecular complexity index is 817. The number of benzene rings is 1. The van der Waals surface area contributed by atoms with Crippen LogP contribution in [0.5, 0.6) is 5.88 Å². The SMILES string of the molecule is COc1nc2ccccc2nc1CCC(=O)N[C@@H]1COC2(CCCCC2)C1. The van der Waals surface area contributed by atoms with Gasteiger partial charge in [-0.25, -0.2) is 9.97 Å². The Morgan fingerprint density at radius 3 is 2.70 bits per heavy atom. The highest BCUT2D eigenvalue weighted by molar-refractivity contribution is 5.77. The molecule has 4 rings (SSSR count). The molecule has 0 bridgehead atoms. The number of amides is 1. The number of methoxy groups -OCH3 is 1. The third kappa shape index (κ3) is 4.05. The highest BCUT2D eigenvalue weighted by Crippen LogP contribution is 2.39. The number of nitrogens with one attached hydrogen (secondary N) is 1. The van der Waals surface area contributed by atoms with Crippen LogP contribution in [0, 0.1) is 0 Å². The average Bonchev–Trinajstić information content (AvgIpc) is 3.07. The highest BCUT2D eigenvalue weighted by atomic mass is 16.5. The van der Waals surface area contributed by atoms with Gasteiger partial charge in [-0.05, 0) is 31.4 Å². The van der Waals surface area contributed by atoms with Crippen molar-refractivity contribution >= 4 is 16.9 Å². The third-order valence-corrected chi connectivity index (χ3v) is 5.73. The summed E-state index contributed by atoms with van der Waals surface area (Å²) >= 11 is 0. The van der Waals surface area contributed by atoms with Crippen LogP contribution in [0.1, 0.15) is 50.6 Å². The number of aryl methyl sites for hydroxylation is 1. The summed E-state index contributed by atoms with van der Waals surface area (Å²) in [5.74, 6) is 0.528. The standard InChI is InChI=1S/C21H27N3O3/c1-26-20-18(23-16-7-3-4-8-17(16)24-20)9-10-19(25)22-15-13-21(27-14-15)11-5-2-6-12-21/h3-4,7-8,15H,2,5-6,9-14H2,1H3,(H,22,25)/t15-/m0/s1. The third-order valence-electron chi connectivity index (χ3n) is 5.73. The molecule has 1 N–H and O–H groups in total. The van der Waals surface area contributed by atoms with Crippen LogP contribution in [0.15, 0.2) is 24.3 Å². The van der Waals surface area contributed by atoms with Crippen LogP contribution < -0.4 is 10.1 Å². The summed E-state index contributed by atoms with van der Waals surface area (Å²) in [6.07, 6.45) is 7.85. The summed E-state index contributed by atoms with van der Waals surface area (Å²) < 4.78 is 11.5. The molecule has 6 heteroatoms. The van der Waals surface area contributed by atoms with Crippen LogP contribution in [-0.2, 0) is 16.0 Å². The Balaban J connectivity index is 1.35. The topological polar surface area (TPSA) is 73.3 Å². The summed E-state index contributed by atoms with van der Waals surface area (Å²) in [4.78, 5) is 21.6. The van der Waals surface area contributed by atoms with E-state index in [1.54, 1.807) is 7.11 Å². The minimum absolute atomic E-state index is 0.0171. The van der Waals surface area contributed by atoms with Gasteiger partial charge in [0.2, 0.25) is 11.8 Å². The normalized spacial score (nSPS) is 21.4. The van der Waals surface area contributed by atoms with Gasteiger partial charge in [-0.2, -0.15) is 0 Å². The fraction of sp³-hybridized carbons (Fsp3) is 0.571. The van der Waals surface area contributed by atoms with Crippen molar-refractivity contribution in [2.24, 2.45) is 0 Å². The molecule has 1 aliphatic carbocycles. The van der Waals surface area contributed by atoms with Gasteiger partial charge in [0.05, 0.1) is 36.4 Å². The molecule has 1 saturated carbocycles. The quantitative estimate of drug-likeness (QED) is 0.876. The first-order valence-electron chi connectivity index (χ1n) is 9.90. The Kier molecular flexibility index (Phi) is 5.25. The lowest BCUT2D eigenvalue weighted by Crippen LogP contribution is -2.37. The van der Waals surface area contributed by atoms with Gasteiger partial charge in [-0.15, -0.1) is 0 Å². The molecule has 1 aliphatic heterocycles. The van der Waals surface area contributed by atoms with Gasteiger partial charge in [-0.3, -0.25) is 4.79 Å². The fourth-order valence-electron chi connectivity index (χ4n) is 4.36. The molecule has 0 unspecified atom stereocenters. The molecule has 27 heavy (non-hydrogen) atoms. The van der Waals surface area contributed by atoms with Crippen molar-refractivity contribution in [1.82, 2.24) is 15.3 Å². The van der Waals surface area contributed by atoms with E-state index in [4.69, 9.17) is 9.47 Å². The Labute approximate surface area is 159 Å². The van der Waals surface area contributed by atoms with Crippen LogP contribution in [0.4, 0.5) is 0 Å². The van der Waals surface area contributed by atoms with E-state index >= 15 is 0 Å². The first-order valence-corrected chi connectivity index (χ1v) is 9.90. The van der Waals surface area contributed by atoms with Gasteiger partial charge in [-0.1, -0.05) is 31.4 Å². The molecule has 6 nitrogen and oxygen atoms in total. The largest absolute Gasteiger partial charge is 0.480 e. The molecule has 1 aromatic carbocycles. The molecule has 1 aromatic heterocycles. The van der Waals surface area contributed by atoms with Crippen LogP contribution in [-0.4, -0.2) is 41.2 Å². The summed E-state index contributed by atoms with van der Waals surface area (Å²) in [5.41, 5.74) is 2.35. The second kappa shape index (κ2) is 7.80. The zero-order valence-electron chi connectivity index (χ0n) is 15.9. The van der Waals surface area contributed by atoms with Gasteiger partial charge in [0.1, 0.15) is 5.69 Å². The molecule has 2 fully saturated rings. The minimum Gasteiger partial charge on any atom is -0.480 e. The molecule has 2 aromatic rings. The lowest BCUT2D eigenvalue weighted by Gasteiger charge is -2.32.